The lowest BCUT2D eigenvalue weighted by Crippen LogP contribution is -2.46. The van der Waals surface area contributed by atoms with Crippen LogP contribution in [0, 0.1) is 18.7 Å². The standard InChI is InChI=1S/C20H24FN3O/c1-13-4-6-15(3)24(12-13)20(25)23-18-7-5-14(2)19(9-18)16-8-17(21)11-22-10-16/h5,7-11,13,15H,4,6,12H2,1-3H3,(H,23,25)/t13-,15+/m1/s1. The highest BCUT2D eigenvalue weighted by Gasteiger charge is 2.26. The number of carbonyl (C=O) groups excluding carboxylic acids is 1. The number of urea groups is 1. The average molecular weight is 341 g/mol. The van der Waals surface area contributed by atoms with Crippen LogP contribution in [0.2, 0.25) is 0 Å². The minimum Gasteiger partial charge on any atom is -0.322 e. The maximum absolute atomic E-state index is 13.5. The Kier molecular flexibility index (Phi) is 5.02. The average Bonchev–Trinajstić information content (AvgIpc) is 2.58. The van der Waals surface area contributed by atoms with Gasteiger partial charge in [0.1, 0.15) is 5.82 Å². The van der Waals surface area contributed by atoms with Gasteiger partial charge in [0.05, 0.1) is 6.20 Å². The maximum atomic E-state index is 13.5. The van der Waals surface area contributed by atoms with Crippen molar-refractivity contribution < 1.29 is 9.18 Å². The highest BCUT2D eigenvalue weighted by Crippen LogP contribution is 2.27. The fraction of sp³-hybridized carbons (Fsp3) is 0.400. The molecule has 132 valence electrons. The third-order valence-corrected chi connectivity index (χ3v) is 4.88. The van der Waals surface area contributed by atoms with Gasteiger partial charge in [-0.2, -0.15) is 0 Å². The quantitative estimate of drug-likeness (QED) is 0.849. The first-order chi connectivity index (χ1) is 11.9. The van der Waals surface area contributed by atoms with Crippen LogP contribution in [0.4, 0.5) is 14.9 Å². The van der Waals surface area contributed by atoms with E-state index in [0.29, 0.717) is 17.2 Å². The number of amides is 2. The second-order valence-corrected chi connectivity index (χ2v) is 7.04. The molecule has 1 fully saturated rings. The zero-order valence-electron chi connectivity index (χ0n) is 14.9. The lowest BCUT2D eigenvalue weighted by Gasteiger charge is -2.36. The van der Waals surface area contributed by atoms with Gasteiger partial charge in [0.25, 0.3) is 0 Å². The van der Waals surface area contributed by atoms with E-state index in [4.69, 9.17) is 0 Å². The Labute approximate surface area is 148 Å². The Morgan fingerprint density at radius 3 is 2.80 bits per heavy atom. The summed E-state index contributed by atoms with van der Waals surface area (Å²) in [4.78, 5) is 18.5. The van der Waals surface area contributed by atoms with E-state index in [1.807, 2.05) is 30.0 Å². The minimum absolute atomic E-state index is 0.0776. The molecular weight excluding hydrogens is 317 g/mol. The summed E-state index contributed by atoms with van der Waals surface area (Å²) >= 11 is 0. The Balaban J connectivity index is 1.81. The second-order valence-electron chi connectivity index (χ2n) is 7.04. The summed E-state index contributed by atoms with van der Waals surface area (Å²) < 4.78 is 13.5. The van der Waals surface area contributed by atoms with Crippen LogP contribution in [0.3, 0.4) is 0 Å². The van der Waals surface area contributed by atoms with Crippen LogP contribution in [0.5, 0.6) is 0 Å². The van der Waals surface area contributed by atoms with Crippen LogP contribution < -0.4 is 5.32 Å². The number of aromatic nitrogens is 1. The summed E-state index contributed by atoms with van der Waals surface area (Å²) in [5.41, 5.74) is 3.28. The molecule has 0 radical (unpaired) electrons. The Morgan fingerprint density at radius 1 is 1.24 bits per heavy atom. The third-order valence-electron chi connectivity index (χ3n) is 4.88. The van der Waals surface area contributed by atoms with E-state index in [-0.39, 0.29) is 17.9 Å². The molecule has 1 aromatic carbocycles. The molecule has 2 aromatic rings. The molecule has 1 N–H and O–H groups in total. The van der Waals surface area contributed by atoms with Crippen LogP contribution in [0.1, 0.15) is 32.3 Å². The minimum atomic E-state index is -0.373. The molecule has 1 aliphatic rings. The topological polar surface area (TPSA) is 45.2 Å². The predicted molar refractivity (Wildman–Crippen MR) is 98.0 cm³/mol. The number of benzene rings is 1. The summed E-state index contributed by atoms with van der Waals surface area (Å²) in [5.74, 6) is 0.149. The monoisotopic (exact) mass is 341 g/mol. The Morgan fingerprint density at radius 2 is 2.04 bits per heavy atom. The largest absolute Gasteiger partial charge is 0.322 e. The van der Waals surface area contributed by atoms with Gasteiger partial charge < -0.3 is 10.2 Å². The van der Waals surface area contributed by atoms with Crippen LogP contribution in [0.25, 0.3) is 11.1 Å². The number of halogens is 1. The fourth-order valence-corrected chi connectivity index (χ4v) is 3.34. The van der Waals surface area contributed by atoms with Gasteiger partial charge in [-0.15, -0.1) is 0 Å². The van der Waals surface area contributed by atoms with Gasteiger partial charge in [-0.3, -0.25) is 4.98 Å². The van der Waals surface area contributed by atoms with Crippen molar-refractivity contribution in [3.8, 4) is 11.1 Å². The van der Waals surface area contributed by atoms with E-state index in [0.717, 1.165) is 30.5 Å². The molecule has 1 aliphatic heterocycles. The molecule has 0 bridgehead atoms. The van der Waals surface area contributed by atoms with E-state index >= 15 is 0 Å². The number of nitrogens with one attached hydrogen (secondary N) is 1. The van der Waals surface area contributed by atoms with Crippen molar-refractivity contribution in [1.82, 2.24) is 9.88 Å². The number of piperidine rings is 1. The third kappa shape index (κ3) is 3.98. The number of hydrogen-bond donors (Lipinski definition) is 1. The molecule has 0 unspecified atom stereocenters. The molecule has 0 spiro atoms. The molecule has 5 heteroatoms. The number of likely N-dealkylation sites (tertiary alicyclic amines) is 1. The number of pyridine rings is 1. The van der Waals surface area contributed by atoms with Gasteiger partial charge in [-0.25, -0.2) is 9.18 Å². The molecule has 2 atom stereocenters. The van der Waals surface area contributed by atoms with Gasteiger partial charge in [-0.1, -0.05) is 13.0 Å². The Bertz CT molecular complexity index is 777. The molecule has 1 aromatic heterocycles. The lowest BCUT2D eigenvalue weighted by molar-refractivity contribution is 0.147. The van der Waals surface area contributed by atoms with Crippen molar-refractivity contribution in [2.24, 2.45) is 5.92 Å². The normalized spacial score (nSPS) is 20.4. The van der Waals surface area contributed by atoms with E-state index < -0.39 is 0 Å². The highest BCUT2D eigenvalue weighted by atomic mass is 19.1. The second kappa shape index (κ2) is 7.21. The van der Waals surface area contributed by atoms with Crippen molar-refractivity contribution in [1.29, 1.82) is 0 Å². The summed E-state index contributed by atoms with van der Waals surface area (Å²) in [6.07, 6.45) is 5.00. The smallest absolute Gasteiger partial charge is 0.322 e. The zero-order chi connectivity index (χ0) is 18.0. The summed E-state index contributed by atoms with van der Waals surface area (Å²) in [6, 6.07) is 7.30. The van der Waals surface area contributed by atoms with Crippen LogP contribution in [-0.2, 0) is 0 Å². The van der Waals surface area contributed by atoms with Crippen LogP contribution >= 0.6 is 0 Å². The first-order valence-corrected chi connectivity index (χ1v) is 8.73. The number of aryl methyl sites for hydroxylation is 1. The van der Waals surface area contributed by atoms with Gasteiger partial charge in [-0.05, 0) is 61.9 Å². The highest BCUT2D eigenvalue weighted by molar-refractivity contribution is 5.90. The summed E-state index contributed by atoms with van der Waals surface area (Å²) in [6.45, 7) is 7.00. The molecule has 2 amide bonds. The SMILES string of the molecule is Cc1ccc(NC(=O)N2C[C@H](C)CC[C@@H]2C)cc1-c1cncc(F)c1. The van der Waals surface area contributed by atoms with Crippen molar-refractivity contribution in [2.45, 2.75) is 39.7 Å². The molecule has 3 rings (SSSR count). The van der Waals surface area contributed by atoms with Crippen molar-refractivity contribution in [3.63, 3.8) is 0 Å². The van der Waals surface area contributed by atoms with Crippen molar-refractivity contribution >= 4 is 11.7 Å². The molecule has 4 nitrogen and oxygen atoms in total. The molecule has 0 aliphatic carbocycles. The van der Waals surface area contributed by atoms with Gasteiger partial charge >= 0.3 is 6.03 Å². The fourth-order valence-electron chi connectivity index (χ4n) is 3.34. The molecule has 0 saturated carbocycles. The van der Waals surface area contributed by atoms with Crippen LogP contribution in [0.15, 0.2) is 36.7 Å². The van der Waals surface area contributed by atoms with Gasteiger partial charge in [0, 0.05) is 30.0 Å². The number of anilines is 1. The van der Waals surface area contributed by atoms with Crippen molar-refractivity contribution in [2.75, 3.05) is 11.9 Å². The Hall–Kier alpha value is -2.43. The molecule has 1 saturated heterocycles. The number of nitrogens with zero attached hydrogens (tertiary/aromatic N) is 2. The zero-order valence-corrected chi connectivity index (χ0v) is 14.9. The van der Waals surface area contributed by atoms with Crippen molar-refractivity contribution in [3.05, 3.63) is 48.0 Å². The molecule has 25 heavy (non-hydrogen) atoms. The number of hydrogen-bond acceptors (Lipinski definition) is 2. The summed E-state index contributed by atoms with van der Waals surface area (Å²) in [7, 11) is 0. The maximum Gasteiger partial charge on any atom is 0.322 e. The van der Waals surface area contributed by atoms with Gasteiger partial charge in [0.15, 0.2) is 0 Å². The number of rotatable bonds is 2. The van der Waals surface area contributed by atoms with Gasteiger partial charge in [0.2, 0.25) is 0 Å². The molecular formula is C20H24FN3O. The first kappa shape index (κ1) is 17.4. The first-order valence-electron chi connectivity index (χ1n) is 8.73. The molecule has 2 heterocycles. The summed E-state index contributed by atoms with van der Waals surface area (Å²) in [5, 5.41) is 2.99. The lowest BCUT2D eigenvalue weighted by atomic mass is 9.95. The number of carbonyl (C=O) groups is 1. The van der Waals surface area contributed by atoms with Crippen LogP contribution in [-0.4, -0.2) is 28.5 Å². The predicted octanol–water partition coefficient (Wildman–Crippen LogP) is 4.85. The van der Waals surface area contributed by atoms with E-state index in [2.05, 4.69) is 24.1 Å². The van der Waals surface area contributed by atoms with E-state index in [1.165, 1.54) is 12.3 Å². The van der Waals surface area contributed by atoms with E-state index in [1.54, 1.807) is 6.20 Å². The van der Waals surface area contributed by atoms with E-state index in [9.17, 15) is 9.18 Å².